The predicted octanol–water partition coefficient (Wildman–Crippen LogP) is -0.559. The van der Waals surface area contributed by atoms with Crippen LogP contribution in [0.25, 0.3) is 0 Å². The Hall–Kier alpha value is -1.67. The fraction of sp³-hybridized carbons (Fsp3) is 0.727. The van der Waals surface area contributed by atoms with Gasteiger partial charge in [-0.15, -0.1) is 4.98 Å². The average Bonchev–Trinajstić information content (AvgIpc) is 2.45. The summed E-state index contributed by atoms with van der Waals surface area (Å²) in [5, 5.41) is 0. The number of hydrogen-bond donors (Lipinski definition) is 1. The Morgan fingerprint density at radius 1 is 1.21 bits per heavy atom. The van der Waals surface area contributed by atoms with Gasteiger partial charge in [-0.2, -0.15) is 9.97 Å². The van der Waals surface area contributed by atoms with E-state index in [1.54, 1.807) is 0 Å². The standard InChI is InChI=1S/C11H19N5O3/c1-7-5-16(6-8(4-12)19-7)9-13-10(17-2)15-11(14-9)18-3/h7-8H,4-6,12H2,1-3H3. The fourth-order valence-corrected chi connectivity index (χ4v) is 1.99. The van der Waals surface area contributed by atoms with Crippen LogP contribution < -0.4 is 20.1 Å². The van der Waals surface area contributed by atoms with E-state index < -0.39 is 0 Å². The van der Waals surface area contributed by atoms with Crippen molar-refractivity contribution in [3.63, 3.8) is 0 Å². The van der Waals surface area contributed by atoms with E-state index in [-0.39, 0.29) is 24.2 Å². The van der Waals surface area contributed by atoms with Gasteiger partial charge < -0.3 is 24.8 Å². The zero-order chi connectivity index (χ0) is 13.8. The Balaban J connectivity index is 2.24. The third-order valence-corrected chi connectivity index (χ3v) is 2.82. The Morgan fingerprint density at radius 3 is 2.37 bits per heavy atom. The molecule has 0 aromatic carbocycles. The van der Waals surface area contributed by atoms with Gasteiger partial charge in [-0.3, -0.25) is 0 Å². The maximum Gasteiger partial charge on any atom is 0.324 e. The van der Waals surface area contributed by atoms with Gasteiger partial charge in [0.25, 0.3) is 0 Å². The molecule has 2 N–H and O–H groups in total. The van der Waals surface area contributed by atoms with E-state index >= 15 is 0 Å². The Bertz CT molecular complexity index is 409. The van der Waals surface area contributed by atoms with Crippen LogP contribution in [0, 0.1) is 0 Å². The quantitative estimate of drug-likeness (QED) is 0.777. The molecular weight excluding hydrogens is 250 g/mol. The molecule has 2 unspecified atom stereocenters. The molecule has 106 valence electrons. The van der Waals surface area contributed by atoms with E-state index in [1.165, 1.54) is 14.2 Å². The molecule has 1 aliphatic rings. The molecule has 8 nitrogen and oxygen atoms in total. The smallest absolute Gasteiger partial charge is 0.324 e. The first-order chi connectivity index (χ1) is 9.16. The Kier molecular flexibility index (Phi) is 4.33. The molecule has 8 heteroatoms. The molecule has 0 bridgehead atoms. The van der Waals surface area contributed by atoms with Crippen LogP contribution >= 0.6 is 0 Å². The molecular formula is C11H19N5O3. The number of anilines is 1. The van der Waals surface area contributed by atoms with E-state index in [0.29, 0.717) is 25.6 Å². The second-order valence-electron chi connectivity index (χ2n) is 4.32. The highest BCUT2D eigenvalue weighted by Gasteiger charge is 2.27. The topological polar surface area (TPSA) is 95.6 Å². The van der Waals surface area contributed by atoms with Crippen LogP contribution in [-0.2, 0) is 4.74 Å². The van der Waals surface area contributed by atoms with Gasteiger partial charge in [0.05, 0.1) is 26.4 Å². The molecule has 0 aliphatic carbocycles. The molecule has 1 aromatic heterocycles. The lowest BCUT2D eigenvalue weighted by Crippen LogP contribution is -2.50. The van der Waals surface area contributed by atoms with Crippen molar-refractivity contribution in [3.05, 3.63) is 0 Å². The van der Waals surface area contributed by atoms with Crippen molar-refractivity contribution in [2.24, 2.45) is 5.73 Å². The van der Waals surface area contributed by atoms with Crippen molar-refractivity contribution >= 4 is 5.95 Å². The molecule has 0 radical (unpaired) electrons. The lowest BCUT2D eigenvalue weighted by molar-refractivity contribution is -0.0110. The summed E-state index contributed by atoms with van der Waals surface area (Å²) in [5.74, 6) is 0.511. The van der Waals surface area contributed by atoms with Crippen molar-refractivity contribution in [2.45, 2.75) is 19.1 Å². The summed E-state index contributed by atoms with van der Waals surface area (Å²) >= 11 is 0. The van der Waals surface area contributed by atoms with Crippen molar-refractivity contribution in [3.8, 4) is 12.0 Å². The Morgan fingerprint density at radius 2 is 1.84 bits per heavy atom. The lowest BCUT2D eigenvalue weighted by Gasteiger charge is -2.36. The number of hydrogen-bond acceptors (Lipinski definition) is 8. The van der Waals surface area contributed by atoms with Crippen LogP contribution in [0.3, 0.4) is 0 Å². The maximum absolute atomic E-state index is 5.70. The van der Waals surface area contributed by atoms with Crippen LogP contribution in [0.15, 0.2) is 0 Å². The highest BCUT2D eigenvalue weighted by molar-refractivity contribution is 5.33. The summed E-state index contributed by atoms with van der Waals surface area (Å²) in [6, 6.07) is 0.454. The first kappa shape index (κ1) is 13.8. The number of ether oxygens (including phenoxy) is 3. The zero-order valence-electron chi connectivity index (χ0n) is 11.4. The van der Waals surface area contributed by atoms with Crippen LogP contribution in [0.2, 0.25) is 0 Å². The molecule has 0 amide bonds. The number of rotatable bonds is 4. The van der Waals surface area contributed by atoms with Gasteiger partial charge in [0, 0.05) is 19.6 Å². The van der Waals surface area contributed by atoms with Gasteiger partial charge in [-0.25, -0.2) is 0 Å². The van der Waals surface area contributed by atoms with E-state index in [9.17, 15) is 0 Å². The highest BCUT2D eigenvalue weighted by atomic mass is 16.5. The molecule has 19 heavy (non-hydrogen) atoms. The summed E-state index contributed by atoms with van der Waals surface area (Å²) in [6.45, 7) is 3.77. The minimum atomic E-state index is -0.0301. The van der Waals surface area contributed by atoms with E-state index in [0.717, 1.165) is 0 Å². The molecule has 1 saturated heterocycles. The monoisotopic (exact) mass is 269 g/mol. The molecule has 0 spiro atoms. The van der Waals surface area contributed by atoms with Crippen molar-refractivity contribution in [1.82, 2.24) is 15.0 Å². The third-order valence-electron chi connectivity index (χ3n) is 2.82. The maximum atomic E-state index is 5.70. The van der Waals surface area contributed by atoms with Gasteiger partial charge in [0.1, 0.15) is 0 Å². The Labute approximate surface area is 111 Å². The molecule has 1 aliphatic heterocycles. The summed E-state index contributed by atoms with van der Waals surface area (Å²) in [7, 11) is 3.01. The molecule has 2 atom stereocenters. The number of morpholine rings is 1. The molecule has 2 rings (SSSR count). The van der Waals surface area contributed by atoms with Crippen LogP contribution in [-0.4, -0.2) is 61.0 Å². The number of aromatic nitrogens is 3. The first-order valence-electron chi connectivity index (χ1n) is 6.10. The number of methoxy groups -OCH3 is 2. The minimum absolute atomic E-state index is 0.0301. The van der Waals surface area contributed by atoms with Crippen molar-refractivity contribution in [2.75, 3.05) is 38.8 Å². The van der Waals surface area contributed by atoms with Gasteiger partial charge in [-0.1, -0.05) is 0 Å². The summed E-state index contributed by atoms with van der Waals surface area (Å²) in [5.41, 5.74) is 5.66. The number of nitrogens with two attached hydrogens (primary N) is 1. The van der Waals surface area contributed by atoms with E-state index in [2.05, 4.69) is 15.0 Å². The second-order valence-corrected chi connectivity index (χ2v) is 4.32. The lowest BCUT2D eigenvalue weighted by atomic mass is 10.2. The summed E-state index contributed by atoms with van der Waals surface area (Å²) < 4.78 is 15.8. The average molecular weight is 269 g/mol. The molecule has 1 aromatic rings. The largest absolute Gasteiger partial charge is 0.467 e. The van der Waals surface area contributed by atoms with Gasteiger partial charge in [0.2, 0.25) is 5.95 Å². The summed E-state index contributed by atoms with van der Waals surface area (Å²) in [6.07, 6.45) is 0.0357. The van der Waals surface area contributed by atoms with E-state index in [1.807, 2.05) is 11.8 Å². The van der Waals surface area contributed by atoms with Crippen molar-refractivity contribution < 1.29 is 14.2 Å². The van der Waals surface area contributed by atoms with Gasteiger partial charge in [-0.05, 0) is 6.92 Å². The zero-order valence-corrected chi connectivity index (χ0v) is 11.4. The normalized spacial score (nSPS) is 23.3. The van der Waals surface area contributed by atoms with Crippen molar-refractivity contribution in [1.29, 1.82) is 0 Å². The third kappa shape index (κ3) is 3.21. The second kappa shape index (κ2) is 5.98. The SMILES string of the molecule is COc1nc(OC)nc(N2CC(C)OC(CN)C2)n1. The van der Waals surface area contributed by atoms with E-state index in [4.69, 9.17) is 19.9 Å². The van der Waals surface area contributed by atoms with Crippen LogP contribution in [0.5, 0.6) is 12.0 Å². The molecule has 0 saturated carbocycles. The molecule has 1 fully saturated rings. The van der Waals surface area contributed by atoms with Gasteiger partial charge >= 0.3 is 12.0 Å². The highest BCUT2D eigenvalue weighted by Crippen LogP contribution is 2.20. The van der Waals surface area contributed by atoms with Crippen LogP contribution in [0.1, 0.15) is 6.92 Å². The fourth-order valence-electron chi connectivity index (χ4n) is 1.99. The predicted molar refractivity (Wildman–Crippen MR) is 68.5 cm³/mol. The minimum Gasteiger partial charge on any atom is -0.467 e. The molecule has 2 heterocycles. The first-order valence-corrected chi connectivity index (χ1v) is 6.10. The van der Waals surface area contributed by atoms with Crippen LogP contribution in [0.4, 0.5) is 5.95 Å². The summed E-state index contributed by atoms with van der Waals surface area (Å²) in [4.78, 5) is 14.4. The van der Waals surface area contributed by atoms with Gasteiger partial charge in [0.15, 0.2) is 0 Å². The number of nitrogens with zero attached hydrogens (tertiary/aromatic N) is 4.